The summed E-state index contributed by atoms with van der Waals surface area (Å²) in [6, 6.07) is 0. The van der Waals surface area contributed by atoms with Crippen molar-refractivity contribution in [3.63, 3.8) is 0 Å². The summed E-state index contributed by atoms with van der Waals surface area (Å²) in [6.45, 7) is 10.5. The summed E-state index contributed by atoms with van der Waals surface area (Å²) in [5.74, 6) is 2.42. The third kappa shape index (κ3) is 2.51. The Morgan fingerprint density at radius 2 is 1.69 bits per heavy atom. The molecule has 0 radical (unpaired) electrons. The normalized spacial score (nSPS) is 30.1. The highest BCUT2D eigenvalue weighted by Crippen LogP contribution is 2.28. The predicted molar refractivity (Wildman–Crippen MR) is 67.7 cm³/mol. The van der Waals surface area contributed by atoms with Crippen molar-refractivity contribution in [3.8, 4) is 0 Å². The molecule has 3 atom stereocenters. The molecule has 2 fully saturated rings. The highest BCUT2D eigenvalue weighted by molar-refractivity contribution is 5.85. The van der Waals surface area contributed by atoms with Gasteiger partial charge in [-0.25, -0.2) is 0 Å². The van der Waals surface area contributed by atoms with Gasteiger partial charge < -0.3 is 10.2 Å². The maximum atomic E-state index is 12.1. The molecule has 0 aromatic rings. The Bertz CT molecular complexity index is 245. The second-order valence-electron chi connectivity index (χ2n) is 5.45. The van der Waals surface area contributed by atoms with Crippen LogP contribution >= 0.6 is 12.4 Å². The summed E-state index contributed by atoms with van der Waals surface area (Å²) in [5, 5.41) is 3.40. The molecule has 94 valence electrons. The first-order chi connectivity index (χ1) is 7.09. The summed E-state index contributed by atoms with van der Waals surface area (Å²) < 4.78 is 0. The largest absolute Gasteiger partial charge is 0.342 e. The fourth-order valence-corrected chi connectivity index (χ4v) is 2.61. The van der Waals surface area contributed by atoms with E-state index in [2.05, 4.69) is 31.0 Å². The zero-order chi connectivity index (χ0) is 11.0. The topological polar surface area (TPSA) is 32.3 Å². The van der Waals surface area contributed by atoms with E-state index in [0.717, 1.165) is 26.2 Å². The average Bonchev–Trinajstić information content (AvgIpc) is 2.74. The van der Waals surface area contributed by atoms with Crippen molar-refractivity contribution < 1.29 is 4.79 Å². The van der Waals surface area contributed by atoms with Crippen molar-refractivity contribution in [2.75, 3.05) is 26.2 Å². The first kappa shape index (κ1) is 13.8. The van der Waals surface area contributed by atoms with Crippen LogP contribution in [0.2, 0.25) is 0 Å². The molecule has 1 N–H and O–H groups in total. The Labute approximate surface area is 104 Å². The minimum Gasteiger partial charge on any atom is -0.342 e. The number of carbonyl (C=O) groups is 1. The van der Waals surface area contributed by atoms with Gasteiger partial charge in [-0.1, -0.05) is 20.8 Å². The van der Waals surface area contributed by atoms with Crippen LogP contribution in [0.3, 0.4) is 0 Å². The number of fused-ring (bicyclic) bond motifs is 1. The SMILES string of the molecule is CC(C)C(C)C(=O)N1C[C@H]2CNC[C@H]2C1.Cl. The van der Waals surface area contributed by atoms with Gasteiger partial charge in [0.2, 0.25) is 5.91 Å². The van der Waals surface area contributed by atoms with Gasteiger partial charge in [0.15, 0.2) is 0 Å². The van der Waals surface area contributed by atoms with E-state index in [0.29, 0.717) is 23.7 Å². The number of carbonyl (C=O) groups excluding carboxylic acids is 1. The molecule has 2 aliphatic heterocycles. The zero-order valence-electron chi connectivity index (χ0n) is 10.4. The lowest BCUT2D eigenvalue weighted by atomic mass is 9.97. The number of nitrogens with one attached hydrogen (secondary N) is 1. The third-order valence-electron chi connectivity index (χ3n) is 4.09. The van der Waals surface area contributed by atoms with Crippen molar-refractivity contribution in [2.24, 2.45) is 23.7 Å². The van der Waals surface area contributed by atoms with Gasteiger partial charge in [0, 0.05) is 32.1 Å². The lowest BCUT2D eigenvalue weighted by Crippen LogP contribution is -2.37. The van der Waals surface area contributed by atoms with Crippen molar-refractivity contribution >= 4 is 18.3 Å². The molecular weight excluding hydrogens is 224 g/mol. The second kappa shape index (κ2) is 5.37. The second-order valence-corrected chi connectivity index (χ2v) is 5.45. The van der Waals surface area contributed by atoms with E-state index in [4.69, 9.17) is 0 Å². The number of likely N-dealkylation sites (tertiary alicyclic amines) is 1. The molecule has 0 spiro atoms. The van der Waals surface area contributed by atoms with Gasteiger partial charge in [-0.15, -0.1) is 12.4 Å². The molecule has 2 aliphatic rings. The van der Waals surface area contributed by atoms with E-state index in [1.165, 1.54) is 0 Å². The lowest BCUT2D eigenvalue weighted by Gasteiger charge is -2.23. The van der Waals surface area contributed by atoms with Crippen LogP contribution < -0.4 is 5.32 Å². The Balaban J connectivity index is 0.00000128. The smallest absolute Gasteiger partial charge is 0.225 e. The third-order valence-corrected chi connectivity index (χ3v) is 4.09. The van der Waals surface area contributed by atoms with Crippen LogP contribution in [0, 0.1) is 23.7 Å². The van der Waals surface area contributed by atoms with Crippen molar-refractivity contribution in [1.82, 2.24) is 10.2 Å². The van der Waals surface area contributed by atoms with Gasteiger partial charge in [0.1, 0.15) is 0 Å². The predicted octanol–water partition coefficient (Wildman–Crippen LogP) is 1.38. The summed E-state index contributed by atoms with van der Waals surface area (Å²) in [7, 11) is 0. The Morgan fingerprint density at radius 1 is 1.19 bits per heavy atom. The number of amides is 1. The summed E-state index contributed by atoms with van der Waals surface area (Å²) >= 11 is 0. The number of hydrogen-bond acceptors (Lipinski definition) is 2. The maximum absolute atomic E-state index is 12.1. The Hall–Kier alpha value is -0.280. The van der Waals surface area contributed by atoms with E-state index in [1.807, 2.05) is 0 Å². The first-order valence-electron chi connectivity index (χ1n) is 6.09. The highest BCUT2D eigenvalue weighted by atomic mass is 35.5. The minimum atomic E-state index is 0. The molecule has 2 rings (SSSR count). The lowest BCUT2D eigenvalue weighted by molar-refractivity contribution is -0.135. The Kier molecular flexibility index (Phi) is 4.62. The van der Waals surface area contributed by atoms with E-state index >= 15 is 0 Å². The van der Waals surface area contributed by atoms with Crippen LogP contribution in [0.5, 0.6) is 0 Å². The molecule has 16 heavy (non-hydrogen) atoms. The van der Waals surface area contributed by atoms with E-state index in [9.17, 15) is 4.79 Å². The molecule has 0 saturated carbocycles. The first-order valence-corrected chi connectivity index (χ1v) is 6.09. The van der Waals surface area contributed by atoms with Crippen LogP contribution in [0.25, 0.3) is 0 Å². The van der Waals surface area contributed by atoms with Crippen LogP contribution in [0.4, 0.5) is 0 Å². The molecule has 2 saturated heterocycles. The monoisotopic (exact) mass is 246 g/mol. The summed E-state index contributed by atoms with van der Waals surface area (Å²) in [5.41, 5.74) is 0. The van der Waals surface area contributed by atoms with Crippen LogP contribution in [0.1, 0.15) is 20.8 Å². The Morgan fingerprint density at radius 3 is 2.12 bits per heavy atom. The van der Waals surface area contributed by atoms with Crippen LogP contribution in [-0.2, 0) is 4.79 Å². The van der Waals surface area contributed by atoms with Crippen LogP contribution in [-0.4, -0.2) is 37.0 Å². The standard InChI is InChI=1S/C12H22N2O.ClH/c1-8(2)9(3)12(15)14-6-10-4-13-5-11(10)7-14;/h8-11,13H,4-7H2,1-3H3;1H/t9?,10-,11+;. The number of nitrogens with zero attached hydrogens (tertiary/aromatic N) is 1. The van der Waals surface area contributed by atoms with Gasteiger partial charge in [-0.05, 0) is 17.8 Å². The molecule has 0 aromatic carbocycles. The molecule has 1 amide bonds. The highest BCUT2D eigenvalue weighted by Gasteiger charge is 2.39. The quantitative estimate of drug-likeness (QED) is 0.799. The van der Waals surface area contributed by atoms with E-state index in [-0.39, 0.29) is 18.3 Å². The zero-order valence-corrected chi connectivity index (χ0v) is 11.2. The van der Waals surface area contributed by atoms with Crippen molar-refractivity contribution in [3.05, 3.63) is 0 Å². The van der Waals surface area contributed by atoms with Gasteiger partial charge in [0.05, 0.1) is 0 Å². The van der Waals surface area contributed by atoms with Crippen molar-refractivity contribution in [1.29, 1.82) is 0 Å². The average molecular weight is 247 g/mol. The molecule has 0 aromatic heterocycles. The molecule has 2 heterocycles. The number of rotatable bonds is 2. The fraction of sp³-hybridized carbons (Fsp3) is 0.917. The van der Waals surface area contributed by atoms with Gasteiger partial charge in [0.25, 0.3) is 0 Å². The molecule has 0 aliphatic carbocycles. The van der Waals surface area contributed by atoms with E-state index < -0.39 is 0 Å². The molecule has 3 nitrogen and oxygen atoms in total. The van der Waals surface area contributed by atoms with Gasteiger partial charge in [-0.3, -0.25) is 4.79 Å². The number of hydrogen-bond donors (Lipinski definition) is 1. The number of halogens is 1. The fourth-order valence-electron chi connectivity index (χ4n) is 2.61. The molecule has 1 unspecified atom stereocenters. The van der Waals surface area contributed by atoms with Crippen molar-refractivity contribution in [2.45, 2.75) is 20.8 Å². The molecule has 0 bridgehead atoms. The maximum Gasteiger partial charge on any atom is 0.225 e. The van der Waals surface area contributed by atoms with E-state index in [1.54, 1.807) is 0 Å². The molecular formula is C12H23ClN2O. The summed E-state index contributed by atoms with van der Waals surface area (Å²) in [6.07, 6.45) is 0. The summed E-state index contributed by atoms with van der Waals surface area (Å²) in [4.78, 5) is 14.2. The molecule has 4 heteroatoms. The minimum absolute atomic E-state index is 0. The van der Waals surface area contributed by atoms with Gasteiger partial charge in [-0.2, -0.15) is 0 Å². The van der Waals surface area contributed by atoms with Gasteiger partial charge >= 0.3 is 0 Å². The van der Waals surface area contributed by atoms with Crippen LogP contribution in [0.15, 0.2) is 0 Å².